The molecule has 0 bridgehead atoms. The molecule has 2 N–H and O–H groups in total. The second-order valence-corrected chi connectivity index (χ2v) is 7.75. The van der Waals surface area contributed by atoms with Crippen LogP contribution in [0.1, 0.15) is 32.3 Å². The Hall–Kier alpha value is -0.910. The van der Waals surface area contributed by atoms with Crippen LogP contribution in [0.3, 0.4) is 0 Å². The van der Waals surface area contributed by atoms with Gasteiger partial charge in [-0.25, -0.2) is 18.1 Å². The van der Waals surface area contributed by atoms with Gasteiger partial charge in [-0.2, -0.15) is 0 Å². The van der Waals surface area contributed by atoms with Gasteiger partial charge in [0.2, 0.25) is 10.0 Å². The molecule has 1 aromatic carbocycles. The SMILES string of the molecule is CCCCN(C)C(=NCc1cccc(S(=O)(=O)NCCOC)c1)NCC.I. The Morgan fingerprint density at radius 1 is 1.30 bits per heavy atom. The van der Waals surface area contributed by atoms with Gasteiger partial charge in [0.15, 0.2) is 5.96 Å². The van der Waals surface area contributed by atoms with E-state index in [1.54, 1.807) is 18.2 Å². The number of aliphatic imine (C=N–C) groups is 1. The molecule has 0 saturated carbocycles. The van der Waals surface area contributed by atoms with E-state index in [9.17, 15) is 8.42 Å². The van der Waals surface area contributed by atoms with Gasteiger partial charge in [-0.3, -0.25) is 0 Å². The second kappa shape index (κ2) is 14.1. The number of halogens is 1. The van der Waals surface area contributed by atoms with E-state index >= 15 is 0 Å². The van der Waals surface area contributed by atoms with Crippen LogP contribution in [-0.4, -0.2) is 59.7 Å². The van der Waals surface area contributed by atoms with Crippen molar-refractivity contribution < 1.29 is 13.2 Å². The van der Waals surface area contributed by atoms with Crippen molar-refractivity contribution in [3.8, 4) is 0 Å². The number of rotatable bonds is 11. The van der Waals surface area contributed by atoms with E-state index in [4.69, 9.17) is 4.74 Å². The third kappa shape index (κ3) is 9.72. The third-order valence-corrected chi connectivity index (χ3v) is 5.22. The van der Waals surface area contributed by atoms with Crippen LogP contribution < -0.4 is 10.0 Å². The lowest BCUT2D eigenvalue weighted by Gasteiger charge is -2.21. The minimum Gasteiger partial charge on any atom is -0.383 e. The summed E-state index contributed by atoms with van der Waals surface area (Å²) in [5, 5.41) is 3.27. The van der Waals surface area contributed by atoms with E-state index in [1.807, 2.05) is 20.0 Å². The second-order valence-electron chi connectivity index (χ2n) is 5.98. The van der Waals surface area contributed by atoms with Crippen LogP contribution in [0.4, 0.5) is 0 Å². The minimum atomic E-state index is -3.54. The van der Waals surface area contributed by atoms with Crippen LogP contribution in [-0.2, 0) is 21.3 Å². The first kappa shape index (κ1) is 26.1. The molecule has 0 fully saturated rings. The summed E-state index contributed by atoms with van der Waals surface area (Å²) in [5.41, 5.74) is 0.846. The topological polar surface area (TPSA) is 83.0 Å². The number of ether oxygens (including phenoxy) is 1. The molecule has 1 aromatic rings. The Morgan fingerprint density at radius 3 is 2.67 bits per heavy atom. The van der Waals surface area contributed by atoms with E-state index < -0.39 is 10.0 Å². The molecular weight excluding hydrogens is 479 g/mol. The first-order valence-electron chi connectivity index (χ1n) is 9.01. The Labute approximate surface area is 181 Å². The van der Waals surface area contributed by atoms with Gasteiger partial charge in [0.1, 0.15) is 0 Å². The number of methoxy groups -OCH3 is 1. The van der Waals surface area contributed by atoms with E-state index in [0.717, 1.165) is 37.5 Å². The molecule has 27 heavy (non-hydrogen) atoms. The molecule has 0 radical (unpaired) electrons. The molecule has 1 rings (SSSR count). The van der Waals surface area contributed by atoms with Crippen LogP contribution in [0.2, 0.25) is 0 Å². The molecule has 0 heterocycles. The van der Waals surface area contributed by atoms with E-state index in [2.05, 4.69) is 26.9 Å². The fourth-order valence-corrected chi connectivity index (χ4v) is 3.39. The normalized spacial score (nSPS) is 11.8. The van der Waals surface area contributed by atoms with Crippen molar-refractivity contribution in [2.75, 3.05) is 40.4 Å². The number of hydrogen-bond donors (Lipinski definition) is 2. The molecule has 0 unspecified atom stereocenters. The number of sulfonamides is 1. The highest BCUT2D eigenvalue weighted by molar-refractivity contribution is 14.0. The monoisotopic (exact) mass is 512 g/mol. The lowest BCUT2D eigenvalue weighted by Crippen LogP contribution is -2.39. The van der Waals surface area contributed by atoms with Crippen molar-refractivity contribution in [2.24, 2.45) is 4.99 Å². The van der Waals surface area contributed by atoms with Crippen LogP contribution in [0.15, 0.2) is 34.2 Å². The molecule has 0 amide bonds. The number of guanidine groups is 1. The van der Waals surface area contributed by atoms with Crippen LogP contribution in [0, 0.1) is 0 Å². The fraction of sp³-hybridized carbons (Fsp3) is 0.611. The van der Waals surface area contributed by atoms with Gasteiger partial charge in [0, 0.05) is 33.8 Å². The molecule has 0 aliphatic carbocycles. The summed E-state index contributed by atoms with van der Waals surface area (Å²) in [6, 6.07) is 6.87. The number of nitrogens with one attached hydrogen (secondary N) is 2. The lowest BCUT2D eigenvalue weighted by atomic mass is 10.2. The summed E-state index contributed by atoms with van der Waals surface area (Å²) in [6.07, 6.45) is 2.22. The average molecular weight is 512 g/mol. The Bertz CT molecular complexity index is 668. The van der Waals surface area contributed by atoms with Gasteiger partial charge in [-0.1, -0.05) is 25.5 Å². The number of nitrogens with zero attached hydrogens (tertiary/aromatic N) is 2. The van der Waals surface area contributed by atoms with Crippen molar-refractivity contribution in [1.29, 1.82) is 0 Å². The molecule has 7 nitrogen and oxygen atoms in total. The highest BCUT2D eigenvalue weighted by Crippen LogP contribution is 2.12. The summed E-state index contributed by atoms with van der Waals surface area (Å²) in [6.45, 7) is 6.90. The van der Waals surface area contributed by atoms with Gasteiger partial charge >= 0.3 is 0 Å². The zero-order valence-corrected chi connectivity index (χ0v) is 19.8. The number of benzene rings is 1. The summed E-state index contributed by atoms with van der Waals surface area (Å²) in [4.78, 5) is 6.97. The fourth-order valence-electron chi connectivity index (χ4n) is 2.31. The van der Waals surface area contributed by atoms with Crippen molar-refractivity contribution in [3.05, 3.63) is 29.8 Å². The molecular formula is C18H33IN4O3S. The average Bonchev–Trinajstić information content (AvgIpc) is 2.63. The molecule has 0 aliphatic rings. The molecule has 0 aliphatic heterocycles. The van der Waals surface area contributed by atoms with Crippen molar-refractivity contribution in [1.82, 2.24) is 14.9 Å². The van der Waals surface area contributed by atoms with Gasteiger partial charge < -0.3 is 15.0 Å². The lowest BCUT2D eigenvalue weighted by molar-refractivity contribution is 0.204. The number of hydrogen-bond acceptors (Lipinski definition) is 4. The maximum absolute atomic E-state index is 12.3. The van der Waals surface area contributed by atoms with E-state index in [-0.39, 0.29) is 35.4 Å². The predicted octanol–water partition coefficient (Wildman–Crippen LogP) is 2.43. The van der Waals surface area contributed by atoms with Crippen LogP contribution in [0.5, 0.6) is 0 Å². The van der Waals surface area contributed by atoms with E-state index in [0.29, 0.717) is 13.2 Å². The quantitative estimate of drug-likeness (QED) is 0.206. The summed E-state index contributed by atoms with van der Waals surface area (Å²) >= 11 is 0. The highest BCUT2D eigenvalue weighted by atomic mass is 127. The zero-order chi connectivity index (χ0) is 19.4. The zero-order valence-electron chi connectivity index (χ0n) is 16.7. The van der Waals surface area contributed by atoms with Gasteiger partial charge in [-0.05, 0) is 31.0 Å². The summed E-state index contributed by atoms with van der Waals surface area (Å²) < 4.78 is 32.0. The largest absolute Gasteiger partial charge is 0.383 e. The highest BCUT2D eigenvalue weighted by Gasteiger charge is 2.13. The van der Waals surface area contributed by atoms with Crippen molar-refractivity contribution >= 4 is 40.0 Å². The third-order valence-electron chi connectivity index (χ3n) is 3.76. The molecule has 0 saturated heterocycles. The Balaban J connectivity index is 0.00000676. The Morgan fingerprint density at radius 2 is 2.04 bits per heavy atom. The van der Waals surface area contributed by atoms with E-state index in [1.165, 1.54) is 7.11 Å². The van der Waals surface area contributed by atoms with Crippen LogP contribution >= 0.6 is 24.0 Å². The summed E-state index contributed by atoms with van der Waals surface area (Å²) in [7, 11) is 0.00911. The van der Waals surface area contributed by atoms with Crippen LogP contribution in [0.25, 0.3) is 0 Å². The first-order chi connectivity index (χ1) is 12.4. The smallest absolute Gasteiger partial charge is 0.240 e. The molecule has 156 valence electrons. The maximum Gasteiger partial charge on any atom is 0.240 e. The minimum absolute atomic E-state index is 0. The van der Waals surface area contributed by atoms with Crippen molar-refractivity contribution in [3.63, 3.8) is 0 Å². The predicted molar refractivity (Wildman–Crippen MR) is 121 cm³/mol. The Kier molecular flexibility index (Phi) is 13.7. The molecule has 0 spiro atoms. The van der Waals surface area contributed by atoms with Gasteiger partial charge in [-0.15, -0.1) is 24.0 Å². The van der Waals surface area contributed by atoms with Gasteiger partial charge in [0.05, 0.1) is 18.0 Å². The summed E-state index contributed by atoms with van der Waals surface area (Å²) in [5.74, 6) is 0.826. The molecule has 0 atom stereocenters. The van der Waals surface area contributed by atoms with Crippen molar-refractivity contribution in [2.45, 2.75) is 38.1 Å². The standard InChI is InChI=1S/C18H32N4O3S.HI/c1-5-7-12-22(3)18(19-6-2)20-15-16-9-8-10-17(14-16)26(23,24)21-11-13-25-4;/h8-10,14,21H,5-7,11-13,15H2,1-4H3,(H,19,20);1H. The maximum atomic E-state index is 12.3. The molecule has 9 heteroatoms. The van der Waals surface area contributed by atoms with Gasteiger partial charge in [0.25, 0.3) is 0 Å². The molecule has 0 aromatic heterocycles. The first-order valence-corrected chi connectivity index (χ1v) is 10.5. The number of unbranched alkanes of at least 4 members (excludes halogenated alkanes) is 1.